The van der Waals surface area contributed by atoms with Crippen LogP contribution in [0, 0.1) is 11.8 Å². The van der Waals surface area contributed by atoms with Gasteiger partial charge in [-0.05, 0) is 44.6 Å². The van der Waals surface area contributed by atoms with Gasteiger partial charge in [0.05, 0.1) is 5.92 Å². The Kier molecular flexibility index (Phi) is 5.73. The summed E-state index contributed by atoms with van der Waals surface area (Å²) in [5, 5.41) is 12.0. The molecule has 1 fully saturated rings. The Morgan fingerprint density at radius 2 is 1.82 bits per heavy atom. The van der Waals surface area contributed by atoms with Gasteiger partial charge >= 0.3 is 6.18 Å². The van der Waals surface area contributed by atoms with Gasteiger partial charge in [0.15, 0.2) is 0 Å². The maximum absolute atomic E-state index is 12.4. The lowest BCUT2D eigenvalue weighted by Gasteiger charge is -2.31. The average molecular weight is 253 g/mol. The van der Waals surface area contributed by atoms with Gasteiger partial charge in [0, 0.05) is 12.6 Å². The SMILES string of the molecule is CC(CCO)CNC1CCC(C(F)(F)F)CC1. The third kappa shape index (κ3) is 5.25. The lowest BCUT2D eigenvalue weighted by Crippen LogP contribution is -2.38. The third-order valence-corrected chi connectivity index (χ3v) is 3.57. The van der Waals surface area contributed by atoms with E-state index in [1.54, 1.807) is 0 Å². The number of aliphatic hydroxyl groups excluding tert-OH is 1. The summed E-state index contributed by atoms with van der Waals surface area (Å²) < 4.78 is 37.3. The highest BCUT2D eigenvalue weighted by molar-refractivity contribution is 4.81. The van der Waals surface area contributed by atoms with Crippen LogP contribution in [-0.4, -0.2) is 30.5 Å². The van der Waals surface area contributed by atoms with Crippen LogP contribution in [0.1, 0.15) is 39.0 Å². The van der Waals surface area contributed by atoms with Crippen LogP contribution in [0.3, 0.4) is 0 Å². The van der Waals surface area contributed by atoms with Crippen molar-refractivity contribution in [1.82, 2.24) is 5.32 Å². The van der Waals surface area contributed by atoms with E-state index in [1.165, 1.54) is 0 Å². The fourth-order valence-corrected chi connectivity index (χ4v) is 2.32. The molecule has 1 aliphatic carbocycles. The van der Waals surface area contributed by atoms with Crippen LogP contribution >= 0.6 is 0 Å². The molecule has 2 N–H and O–H groups in total. The molecule has 1 aliphatic rings. The van der Waals surface area contributed by atoms with Crippen LogP contribution in [-0.2, 0) is 0 Å². The van der Waals surface area contributed by atoms with Crippen molar-refractivity contribution in [1.29, 1.82) is 0 Å². The summed E-state index contributed by atoms with van der Waals surface area (Å²) in [5.74, 6) is -0.726. The van der Waals surface area contributed by atoms with Gasteiger partial charge in [-0.3, -0.25) is 0 Å². The molecule has 1 unspecified atom stereocenters. The molecule has 1 rings (SSSR count). The molecular weight excluding hydrogens is 231 g/mol. The van der Waals surface area contributed by atoms with Gasteiger partial charge in [-0.15, -0.1) is 0 Å². The molecule has 0 aromatic rings. The molecule has 0 aliphatic heterocycles. The maximum Gasteiger partial charge on any atom is 0.391 e. The summed E-state index contributed by atoms with van der Waals surface area (Å²) in [6.45, 7) is 2.98. The topological polar surface area (TPSA) is 32.3 Å². The Morgan fingerprint density at radius 3 is 2.29 bits per heavy atom. The Labute approximate surface area is 101 Å². The van der Waals surface area contributed by atoms with Crippen molar-refractivity contribution in [2.45, 2.75) is 51.2 Å². The fraction of sp³-hybridized carbons (Fsp3) is 1.00. The molecule has 1 saturated carbocycles. The van der Waals surface area contributed by atoms with E-state index < -0.39 is 12.1 Å². The number of rotatable bonds is 5. The average Bonchev–Trinajstić information content (AvgIpc) is 2.26. The Balaban J connectivity index is 2.19. The van der Waals surface area contributed by atoms with E-state index in [4.69, 9.17) is 5.11 Å². The van der Waals surface area contributed by atoms with Crippen LogP contribution in [0.15, 0.2) is 0 Å². The minimum Gasteiger partial charge on any atom is -0.396 e. The van der Waals surface area contributed by atoms with Crippen LogP contribution in [0.25, 0.3) is 0 Å². The summed E-state index contributed by atoms with van der Waals surface area (Å²) in [7, 11) is 0. The largest absolute Gasteiger partial charge is 0.396 e. The minimum atomic E-state index is -4.02. The van der Waals surface area contributed by atoms with Crippen molar-refractivity contribution in [3.8, 4) is 0 Å². The summed E-state index contributed by atoms with van der Waals surface area (Å²) in [6.07, 6.45) is -1.57. The normalized spacial score (nSPS) is 28.1. The summed E-state index contributed by atoms with van der Waals surface area (Å²) >= 11 is 0. The highest BCUT2D eigenvalue weighted by Gasteiger charge is 2.41. The predicted octanol–water partition coefficient (Wildman–Crippen LogP) is 2.72. The molecule has 0 amide bonds. The van der Waals surface area contributed by atoms with E-state index in [9.17, 15) is 13.2 Å². The van der Waals surface area contributed by atoms with Crippen molar-refractivity contribution in [2.24, 2.45) is 11.8 Å². The Bertz CT molecular complexity index is 212. The molecule has 0 saturated heterocycles. The van der Waals surface area contributed by atoms with Gasteiger partial charge in [-0.2, -0.15) is 13.2 Å². The number of aliphatic hydroxyl groups is 1. The molecule has 0 aromatic heterocycles. The van der Waals surface area contributed by atoms with Gasteiger partial charge in [0.2, 0.25) is 0 Å². The van der Waals surface area contributed by atoms with Crippen LogP contribution in [0.2, 0.25) is 0 Å². The molecule has 0 spiro atoms. The smallest absolute Gasteiger partial charge is 0.391 e. The maximum atomic E-state index is 12.4. The van der Waals surface area contributed by atoms with Gasteiger partial charge in [0.1, 0.15) is 0 Å². The van der Waals surface area contributed by atoms with Crippen molar-refractivity contribution in [3.63, 3.8) is 0 Å². The summed E-state index contributed by atoms with van der Waals surface area (Å²) in [6, 6.07) is 0.217. The number of hydrogen-bond acceptors (Lipinski definition) is 2. The molecule has 102 valence electrons. The van der Waals surface area contributed by atoms with Crippen molar-refractivity contribution < 1.29 is 18.3 Å². The first kappa shape index (κ1) is 14.8. The zero-order valence-electron chi connectivity index (χ0n) is 10.3. The van der Waals surface area contributed by atoms with E-state index in [2.05, 4.69) is 5.32 Å². The molecule has 5 heteroatoms. The molecule has 0 bridgehead atoms. The zero-order valence-corrected chi connectivity index (χ0v) is 10.3. The van der Waals surface area contributed by atoms with E-state index in [-0.39, 0.29) is 25.5 Å². The van der Waals surface area contributed by atoms with Gasteiger partial charge in [-0.25, -0.2) is 0 Å². The quantitative estimate of drug-likeness (QED) is 0.789. The second kappa shape index (κ2) is 6.59. The van der Waals surface area contributed by atoms with E-state index in [1.807, 2.05) is 6.92 Å². The molecule has 17 heavy (non-hydrogen) atoms. The first-order chi connectivity index (χ1) is 7.93. The number of halogens is 3. The molecule has 2 nitrogen and oxygen atoms in total. The second-order valence-electron chi connectivity index (χ2n) is 5.12. The van der Waals surface area contributed by atoms with Gasteiger partial charge in [0.25, 0.3) is 0 Å². The van der Waals surface area contributed by atoms with Crippen LogP contribution in [0.5, 0.6) is 0 Å². The Hall–Kier alpha value is -0.290. The van der Waals surface area contributed by atoms with E-state index >= 15 is 0 Å². The number of alkyl halides is 3. The standard InChI is InChI=1S/C12H22F3NO/c1-9(6-7-17)8-16-11-4-2-10(3-5-11)12(13,14)15/h9-11,16-17H,2-8H2,1H3. The minimum absolute atomic E-state index is 0.170. The highest BCUT2D eigenvalue weighted by atomic mass is 19.4. The molecule has 0 radical (unpaired) electrons. The van der Waals surface area contributed by atoms with E-state index in [0.717, 1.165) is 13.0 Å². The highest BCUT2D eigenvalue weighted by Crippen LogP contribution is 2.37. The second-order valence-corrected chi connectivity index (χ2v) is 5.12. The number of nitrogens with one attached hydrogen (secondary N) is 1. The van der Waals surface area contributed by atoms with Crippen LogP contribution < -0.4 is 5.32 Å². The molecule has 0 heterocycles. The first-order valence-electron chi connectivity index (χ1n) is 6.34. The van der Waals surface area contributed by atoms with Crippen molar-refractivity contribution in [3.05, 3.63) is 0 Å². The van der Waals surface area contributed by atoms with Crippen LogP contribution in [0.4, 0.5) is 13.2 Å². The lowest BCUT2D eigenvalue weighted by atomic mass is 9.85. The Morgan fingerprint density at radius 1 is 1.24 bits per heavy atom. The third-order valence-electron chi connectivity index (χ3n) is 3.57. The summed E-state index contributed by atoms with van der Waals surface area (Å²) in [5.41, 5.74) is 0. The van der Waals surface area contributed by atoms with Crippen molar-refractivity contribution in [2.75, 3.05) is 13.2 Å². The van der Waals surface area contributed by atoms with Gasteiger partial charge in [-0.1, -0.05) is 6.92 Å². The predicted molar refractivity (Wildman–Crippen MR) is 60.7 cm³/mol. The van der Waals surface area contributed by atoms with Crippen molar-refractivity contribution >= 4 is 0 Å². The van der Waals surface area contributed by atoms with Gasteiger partial charge < -0.3 is 10.4 Å². The summed E-state index contributed by atoms with van der Waals surface area (Å²) in [4.78, 5) is 0. The lowest BCUT2D eigenvalue weighted by molar-refractivity contribution is -0.182. The zero-order chi connectivity index (χ0) is 12.9. The number of hydrogen-bond donors (Lipinski definition) is 2. The molecule has 0 aromatic carbocycles. The van der Waals surface area contributed by atoms with E-state index in [0.29, 0.717) is 18.8 Å². The monoisotopic (exact) mass is 253 g/mol. The molecule has 1 atom stereocenters. The fourth-order valence-electron chi connectivity index (χ4n) is 2.32. The molecular formula is C12H22F3NO. The first-order valence-corrected chi connectivity index (χ1v) is 6.34.